The van der Waals surface area contributed by atoms with Gasteiger partial charge in [0.15, 0.2) is 0 Å². The van der Waals surface area contributed by atoms with Crippen molar-refractivity contribution < 1.29 is 0 Å². The Bertz CT molecular complexity index is 284. The zero-order valence-electron chi connectivity index (χ0n) is 6.05. The minimum Gasteiger partial charge on any atom is -0.242 e. The van der Waals surface area contributed by atoms with E-state index in [1.54, 1.807) is 0 Å². The largest absolute Gasteiger partial charge is 0.242 e. The SMILES string of the molecule is Cc1ccc(C)c(C#N)n1. The highest BCUT2D eigenvalue weighted by atomic mass is 14.7. The van der Waals surface area contributed by atoms with Gasteiger partial charge in [-0.15, -0.1) is 0 Å². The second-order valence-corrected chi connectivity index (χ2v) is 2.23. The molecular weight excluding hydrogens is 124 g/mol. The molecule has 1 rings (SSSR count). The van der Waals surface area contributed by atoms with E-state index < -0.39 is 0 Å². The predicted molar refractivity (Wildman–Crippen MR) is 38.4 cm³/mol. The Kier molecular flexibility index (Phi) is 1.68. The van der Waals surface area contributed by atoms with E-state index in [0.717, 1.165) is 11.3 Å². The van der Waals surface area contributed by atoms with Crippen LogP contribution in [0.4, 0.5) is 0 Å². The third-order valence-corrected chi connectivity index (χ3v) is 1.34. The molecule has 0 aromatic carbocycles. The standard InChI is InChI=1S/C8H8N2/c1-6-3-4-7(2)10-8(6)5-9/h3-4H,1-2H3. The average molecular weight is 132 g/mol. The molecule has 2 nitrogen and oxygen atoms in total. The second kappa shape index (κ2) is 2.49. The lowest BCUT2D eigenvalue weighted by Gasteiger charge is -1.95. The summed E-state index contributed by atoms with van der Waals surface area (Å²) in [6.07, 6.45) is 0. The Morgan fingerprint density at radius 1 is 1.40 bits per heavy atom. The van der Waals surface area contributed by atoms with Crippen molar-refractivity contribution in [3.63, 3.8) is 0 Å². The highest BCUT2D eigenvalue weighted by molar-refractivity contribution is 5.30. The quantitative estimate of drug-likeness (QED) is 0.537. The zero-order valence-corrected chi connectivity index (χ0v) is 6.05. The van der Waals surface area contributed by atoms with Crippen molar-refractivity contribution in [2.45, 2.75) is 13.8 Å². The lowest BCUT2D eigenvalue weighted by atomic mass is 10.2. The van der Waals surface area contributed by atoms with Gasteiger partial charge in [-0.3, -0.25) is 0 Å². The van der Waals surface area contributed by atoms with E-state index in [-0.39, 0.29) is 0 Å². The van der Waals surface area contributed by atoms with E-state index in [2.05, 4.69) is 4.98 Å². The molecule has 0 radical (unpaired) electrons. The highest BCUT2D eigenvalue weighted by Crippen LogP contribution is 2.03. The Balaban J connectivity index is 3.25. The van der Waals surface area contributed by atoms with Crippen LogP contribution in [-0.2, 0) is 0 Å². The van der Waals surface area contributed by atoms with Crippen LogP contribution in [0.3, 0.4) is 0 Å². The van der Waals surface area contributed by atoms with Crippen molar-refractivity contribution >= 4 is 0 Å². The molecule has 0 unspecified atom stereocenters. The van der Waals surface area contributed by atoms with Gasteiger partial charge in [-0.1, -0.05) is 6.07 Å². The molecule has 0 fully saturated rings. The number of nitriles is 1. The summed E-state index contributed by atoms with van der Waals surface area (Å²) in [5, 5.41) is 8.53. The molecule has 0 amide bonds. The second-order valence-electron chi connectivity index (χ2n) is 2.23. The molecule has 0 bridgehead atoms. The molecule has 0 saturated heterocycles. The first-order valence-electron chi connectivity index (χ1n) is 3.08. The molecule has 0 atom stereocenters. The molecule has 1 aromatic heterocycles. The molecule has 0 N–H and O–H groups in total. The summed E-state index contributed by atoms with van der Waals surface area (Å²) >= 11 is 0. The van der Waals surface area contributed by atoms with E-state index in [1.807, 2.05) is 32.0 Å². The first kappa shape index (κ1) is 6.76. The molecule has 0 aliphatic rings. The van der Waals surface area contributed by atoms with Crippen LogP contribution in [-0.4, -0.2) is 4.98 Å². The first-order valence-corrected chi connectivity index (χ1v) is 3.08. The lowest BCUT2D eigenvalue weighted by Crippen LogP contribution is -1.89. The van der Waals surface area contributed by atoms with E-state index in [0.29, 0.717) is 5.69 Å². The normalized spacial score (nSPS) is 8.90. The van der Waals surface area contributed by atoms with Gasteiger partial charge in [0.05, 0.1) is 0 Å². The Hall–Kier alpha value is -1.36. The third kappa shape index (κ3) is 1.14. The summed E-state index contributed by atoms with van der Waals surface area (Å²) in [5.74, 6) is 0. The van der Waals surface area contributed by atoms with Crippen molar-refractivity contribution in [1.82, 2.24) is 4.98 Å². The van der Waals surface area contributed by atoms with E-state index >= 15 is 0 Å². The van der Waals surface area contributed by atoms with Gasteiger partial charge < -0.3 is 0 Å². The van der Waals surface area contributed by atoms with Gasteiger partial charge in [0.2, 0.25) is 0 Å². The minimum atomic E-state index is 0.528. The molecule has 0 spiro atoms. The van der Waals surface area contributed by atoms with Gasteiger partial charge in [-0.2, -0.15) is 5.26 Å². The third-order valence-electron chi connectivity index (χ3n) is 1.34. The molecule has 0 aliphatic carbocycles. The van der Waals surface area contributed by atoms with Gasteiger partial charge in [0, 0.05) is 5.69 Å². The van der Waals surface area contributed by atoms with Crippen LogP contribution in [0.25, 0.3) is 0 Å². The van der Waals surface area contributed by atoms with Gasteiger partial charge in [-0.05, 0) is 25.5 Å². The number of aromatic nitrogens is 1. The Morgan fingerprint density at radius 2 is 2.10 bits per heavy atom. The molecule has 0 saturated carbocycles. The number of rotatable bonds is 0. The topological polar surface area (TPSA) is 36.7 Å². The molecule has 10 heavy (non-hydrogen) atoms. The fourth-order valence-electron chi connectivity index (χ4n) is 0.740. The number of hydrogen-bond donors (Lipinski definition) is 0. The van der Waals surface area contributed by atoms with Crippen LogP contribution in [0.15, 0.2) is 12.1 Å². The predicted octanol–water partition coefficient (Wildman–Crippen LogP) is 1.57. The number of pyridine rings is 1. The molecule has 1 heterocycles. The van der Waals surface area contributed by atoms with Crippen molar-refractivity contribution in [3.05, 3.63) is 29.1 Å². The molecule has 2 heteroatoms. The average Bonchev–Trinajstić information content (AvgIpc) is 1.94. The Morgan fingerprint density at radius 3 is 2.60 bits per heavy atom. The van der Waals surface area contributed by atoms with Crippen molar-refractivity contribution in [2.75, 3.05) is 0 Å². The smallest absolute Gasteiger partial charge is 0.143 e. The monoisotopic (exact) mass is 132 g/mol. The first-order chi connectivity index (χ1) is 4.74. The summed E-state index contributed by atoms with van der Waals surface area (Å²) < 4.78 is 0. The van der Waals surface area contributed by atoms with Gasteiger partial charge in [0.25, 0.3) is 0 Å². The number of nitrogens with zero attached hydrogens (tertiary/aromatic N) is 2. The van der Waals surface area contributed by atoms with E-state index in [9.17, 15) is 0 Å². The minimum absolute atomic E-state index is 0.528. The summed E-state index contributed by atoms with van der Waals surface area (Å²) in [5.41, 5.74) is 2.36. The summed E-state index contributed by atoms with van der Waals surface area (Å²) in [6.45, 7) is 3.76. The van der Waals surface area contributed by atoms with Crippen molar-refractivity contribution in [1.29, 1.82) is 5.26 Å². The summed E-state index contributed by atoms with van der Waals surface area (Å²) in [6, 6.07) is 5.83. The van der Waals surface area contributed by atoms with E-state index in [1.165, 1.54) is 0 Å². The van der Waals surface area contributed by atoms with Crippen LogP contribution >= 0.6 is 0 Å². The van der Waals surface area contributed by atoms with Crippen molar-refractivity contribution in [3.8, 4) is 6.07 Å². The van der Waals surface area contributed by atoms with Crippen LogP contribution < -0.4 is 0 Å². The zero-order chi connectivity index (χ0) is 7.56. The van der Waals surface area contributed by atoms with Gasteiger partial charge in [0.1, 0.15) is 11.8 Å². The fourth-order valence-corrected chi connectivity index (χ4v) is 0.740. The summed E-state index contributed by atoms with van der Waals surface area (Å²) in [7, 11) is 0. The lowest BCUT2D eigenvalue weighted by molar-refractivity contribution is 1.13. The van der Waals surface area contributed by atoms with Crippen molar-refractivity contribution in [2.24, 2.45) is 0 Å². The maximum Gasteiger partial charge on any atom is 0.143 e. The molecule has 50 valence electrons. The fraction of sp³-hybridized carbons (Fsp3) is 0.250. The maximum atomic E-state index is 8.53. The number of hydrogen-bond acceptors (Lipinski definition) is 2. The van der Waals surface area contributed by atoms with Crippen LogP contribution in [0.1, 0.15) is 17.0 Å². The van der Waals surface area contributed by atoms with Crippen LogP contribution in [0, 0.1) is 25.2 Å². The van der Waals surface area contributed by atoms with Crippen LogP contribution in [0.5, 0.6) is 0 Å². The van der Waals surface area contributed by atoms with Gasteiger partial charge >= 0.3 is 0 Å². The molecule has 1 aromatic rings. The highest BCUT2D eigenvalue weighted by Gasteiger charge is 1.95. The van der Waals surface area contributed by atoms with Gasteiger partial charge in [-0.25, -0.2) is 4.98 Å². The Labute approximate surface area is 60.1 Å². The van der Waals surface area contributed by atoms with E-state index in [4.69, 9.17) is 5.26 Å². The summed E-state index contributed by atoms with van der Waals surface area (Å²) in [4.78, 5) is 4.03. The van der Waals surface area contributed by atoms with Crippen LogP contribution in [0.2, 0.25) is 0 Å². The molecule has 0 aliphatic heterocycles. The molecular formula is C8H8N2. The number of aryl methyl sites for hydroxylation is 2. The maximum absolute atomic E-state index is 8.53.